The van der Waals surface area contributed by atoms with Crippen LogP contribution in [-0.4, -0.2) is 176 Å². The molecule has 0 aliphatic carbocycles. The number of fused-ring (bicyclic) bond motifs is 1. The van der Waals surface area contributed by atoms with E-state index in [1.54, 1.807) is 26.1 Å². The number of aliphatic hydroxyl groups excluding tert-OH is 3. The first-order valence-corrected chi connectivity index (χ1v) is 29.2. The molecule has 9 amide bonds. The summed E-state index contributed by atoms with van der Waals surface area (Å²) in [5.74, 6) is -11.5. The fourth-order valence-corrected chi connectivity index (χ4v) is 10.4. The Hall–Kier alpha value is -9.28. The van der Waals surface area contributed by atoms with Gasteiger partial charge in [-0.3, -0.25) is 52.9 Å². The number of phenolic OH excluding ortho intramolecular Hbond substituents is 1. The number of phenols is 1. The molecule has 18 N–H and O–H groups in total. The van der Waals surface area contributed by atoms with E-state index >= 15 is 0 Å². The van der Waals surface area contributed by atoms with Crippen LogP contribution in [0.2, 0.25) is 0 Å². The predicted molar refractivity (Wildman–Crippen MR) is 325 cm³/mol. The van der Waals surface area contributed by atoms with Gasteiger partial charge in [0.05, 0.1) is 43.2 Å². The number of ketones is 3. The average Bonchev–Trinajstić information content (AvgIpc) is 2.20. The zero-order valence-corrected chi connectivity index (χ0v) is 50.4. The van der Waals surface area contributed by atoms with Crippen molar-refractivity contribution < 1.29 is 73.2 Å². The van der Waals surface area contributed by atoms with Crippen molar-refractivity contribution in [1.82, 2.24) is 47.1 Å². The summed E-state index contributed by atoms with van der Waals surface area (Å²) in [5.41, 5.74) is 19.3. The lowest BCUT2D eigenvalue weighted by atomic mass is 9.90. The van der Waals surface area contributed by atoms with E-state index in [1.807, 2.05) is 24.3 Å². The molecular formula is C61H83N13O15. The Morgan fingerprint density at radius 3 is 2.01 bits per heavy atom. The number of carbonyl (C=O) groups is 11. The number of primary amides is 2. The van der Waals surface area contributed by atoms with Gasteiger partial charge >= 0.3 is 6.03 Å². The van der Waals surface area contributed by atoms with E-state index in [9.17, 15) is 73.2 Å². The normalized spacial score (nSPS) is 17.1. The third-order valence-corrected chi connectivity index (χ3v) is 15.1. The van der Waals surface area contributed by atoms with Crippen molar-refractivity contribution in [1.29, 1.82) is 0 Å². The third kappa shape index (κ3) is 21.5. The molecule has 11 atom stereocenters. The number of para-hydroxylation sites is 1. The third-order valence-electron chi connectivity index (χ3n) is 15.1. The highest BCUT2D eigenvalue weighted by Crippen LogP contribution is 2.25. The Bertz CT molecular complexity index is 3170. The van der Waals surface area contributed by atoms with Crippen LogP contribution in [0.1, 0.15) is 95.4 Å². The number of aromatic amines is 1. The number of carbonyl (C=O) groups excluding carboxylic acids is 11. The van der Waals surface area contributed by atoms with Gasteiger partial charge in [0.2, 0.25) is 41.4 Å². The van der Waals surface area contributed by atoms with Gasteiger partial charge in [-0.05, 0) is 67.0 Å². The summed E-state index contributed by atoms with van der Waals surface area (Å²) in [6.07, 6.45) is -5.00. The largest absolute Gasteiger partial charge is 0.508 e. The molecule has 28 nitrogen and oxygen atoms in total. The van der Waals surface area contributed by atoms with Crippen molar-refractivity contribution in [3.63, 3.8) is 0 Å². The second-order valence-corrected chi connectivity index (χ2v) is 22.7. The van der Waals surface area contributed by atoms with Gasteiger partial charge in [0.1, 0.15) is 36.0 Å². The number of nitrogens with zero attached hydrogens (tertiary/aromatic N) is 2. The first kappa shape index (κ1) is 70.5. The monoisotopic (exact) mass is 1240 g/mol. The van der Waals surface area contributed by atoms with Crippen molar-refractivity contribution in [3.05, 3.63) is 102 Å². The maximum absolute atomic E-state index is 14.3. The van der Waals surface area contributed by atoms with Crippen molar-refractivity contribution in [2.24, 2.45) is 39.9 Å². The molecule has 2 heterocycles. The Balaban J connectivity index is 1.29. The topological polar surface area (TPSA) is 462 Å². The minimum atomic E-state index is -1.88. The zero-order valence-electron chi connectivity index (χ0n) is 50.4. The van der Waals surface area contributed by atoms with Gasteiger partial charge in [-0.25, -0.2) is 4.79 Å². The molecule has 0 saturated carbocycles. The van der Waals surface area contributed by atoms with Gasteiger partial charge < -0.3 is 84.7 Å². The molecule has 0 spiro atoms. The van der Waals surface area contributed by atoms with Crippen LogP contribution in [0.25, 0.3) is 10.9 Å². The predicted octanol–water partition coefficient (Wildman–Crippen LogP) is -1.20. The number of hydrogen-bond acceptors (Lipinski definition) is 16. The maximum atomic E-state index is 14.3. The number of nitrogens with two attached hydrogens (primary N) is 3. The molecule has 1 saturated heterocycles. The minimum Gasteiger partial charge on any atom is -0.508 e. The lowest BCUT2D eigenvalue weighted by Gasteiger charge is -2.30. The highest BCUT2D eigenvalue weighted by atomic mass is 16.3. The van der Waals surface area contributed by atoms with Gasteiger partial charge in [0.15, 0.2) is 23.3 Å². The summed E-state index contributed by atoms with van der Waals surface area (Å²) >= 11 is 0. The lowest BCUT2D eigenvalue weighted by Crippen LogP contribution is -2.56. The summed E-state index contributed by atoms with van der Waals surface area (Å²) in [6.45, 7) is 4.93. The van der Waals surface area contributed by atoms with E-state index in [1.165, 1.54) is 62.5 Å². The number of rotatable bonds is 34. The number of hydrogen-bond donors (Lipinski definition) is 15. The Kier molecular flexibility index (Phi) is 26.7. The van der Waals surface area contributed by atoms with Gasteiger partial charge in [-0.2, -0.15) is 0 Å². The van der Waals surface area contributed by atoms with Crippen LogP contribution < -0.4 is 54.4 Å². The fraction of sp³-hybridized carbons (Fsp3) is 0.475. The Morgan fingerprint density at radius 2 is 1.38 bits per heavy atom. The van der Waals surface area contributed by atoms with Crippen molar-refractivity contribution in [2.45, 2.75) is 140 Å². The molecule has 89 heavy (non-hydrogen) atoms. The number of urea groups is 1. The van der Waals surface area contributed by atoms with Crippen LogP contribution in [-0.2, 0) is 60.8 Å². The van der Waals surface area contributed by atoms with Gasteiger partial charge in [0, 0.05) is 82.2 Å². The van der Waals surface area contributed by atoms with Crippen LogP contribution in [0.5, 0.6) is 5.75 Å². The molecule has 1 aliphatic rings. The van der Waals surface area contributed by atoms with Crippen LogP contribution in [0.3, 0.4) is 0 Å². The number of likely N-dealkylation sites (tertiary alicyclic amines) is 1. The number of aliphatic imine (C=N–C) groups is 1. The minimum absolute atomic E-state index is 0.0392. The van der Waals surface area contributed by atoms with Gasteiger partial charge in [-0.15, -0.1) is 0 Å². The van der Waals surface area contributed by atoms with Crippen molar-refractivity contribution >= 4 is 81.6 Å². The molecule has 1 fully saturated rings. The molecule has 0 radical (unpaired) electrons. The zero-order chi connectivity index (χ0) is 65.6. The molecule has 3 aromatic carbocycles. The molecule has 28 heteroatoms. The number of Topliss-reactive ketones (excluding diaryl/α,β-unsaturated/α-hetero) is 3. The summed E-state index contributed by atoms with van der Waals surface area (Å²) in [6, 6.07) is 11.0. The highest BCUT2D eigenvalue weighted by molar-refractivity contribution is 6.00. The summed E-state index contributed by atoms with van der Waals surface area (Å²) in [4.78, 5) is 158. The lowest BCUT2D eigenvalue weighted by molar-refractivity contribution is -0.142. The molecule has 5 rings (SSSR count). The average molecular weight is 1240 g/mol. The van der Waals surface area contributed by atoms with Gasteiger partial charge in [-0.1, -0.05) is 74.5 Å². The molecule has 1 aromatic heterocycles. The van der Waals surface area contributed by atoms with E-state index in [0.29, 0.717) is 17.5 Å². The summed E-state index contributed by atoms with van der Waals surface area (Å²) in [5, 5.41) is 61.8. The van der Waals surface area contributed by atoms with Crippen molar-refractivity contribution in [3.8, 4) is 5.75 Å². The number of benzene rings is 3. The highest BCUT2D eigenvalue weighted by Gasteiger charge is 2.43. The second-order valence-electron chi connectivity index (χ2n) is 22.7. The van der Waals surface area contributed by atoms with E-state index in [4.69, 9.17) is 17.2 Å². The Labute approximate surface area is 514 Å². The number of amides is 9. The second kappa shape index (κ2) is 33.7. The standard InChI is InChI=1S/C61H83N13O15/c1-32(2)22-44(49(79)25-37(14-11-21-66-60(64)65-5)56(85)71-46(55(63)84)24-38-29-67-43-16-10-9-15-41(38)43)72-61(89)68-30-51(81)53(54(83)36-12-7-6-8-13-36)73-57(86)42(33(3)75)27-50(80)45(28-52(62)82)70-58(87)48-26-40(78)31-74(48)59(88)47(69-34(4)76)23-35-17-19-39(77)20-18-35/h6-10,12-13,15-20,29,32-33,37,40,42,44-48,53-54,67,75,77-78,83H,11,14,21-28,30-31H2,1-5H3,(H2,62,82)(H2,63,84)(H,69,76)(H,70,87)(H,71,85)(H,73,86)(H3,64,65,66)(H2,68,72,89)/t33-,37-,40-,42+,44+,45+,46+,47-,48+,53-,54-/m1/s1. The molecule has 482 valence electrons. The number of guanidine groups is 1. The number of β-amino-alcohol motifs (C(OH)–C–C–N with tert-alkyl or cyclic N) is 1. The smallest absolute Gasteiger partial charge is 0.315 e. The van der Waals surface area contributed by atoms with Crippen LogP contribution in [0.15, 0.2) is 90.1 Å². The van der Waals surface area contributed by atoms with Crippen LogP contribution >= 0.6 is 0 Å². The molecular weight excluding hydrogens is 1150 g/mol. The number of nitrogens with one attached hydrogen (secondary N) is 8. The van der Waals surface area contributed by atoms with Crippen molar-refractivity contribution in [2.75, 3.05) is 26.7 Å². The summed E-state index contributed by atoms with van der Waals surface area (Å²) < 4.78 is 0. The number of aliphatic hydroxyl groups is 3. The first-order valence-electron chi connectivity index (χ1n) is 29.2. The molecule has 1 aliphatic heterocycles. The summed E-state index contributed by atoms with van der Waals surface area (Å²) in [7, 11) is 1.48. The number of H-pyrrole nitrogens is 1. The quantitative estimate of drug-likeness (QED) is 0.0148. The van der Waals surface area contributed by atoms with E-state index in [-0.39, 0.29) is 68.4 Å². The number of aromatic hydroxyl groups is 1. The van der Waals surface area contributed by atoms with E-state index in [2.05, 4.69) is 47.2 Å². The maximum Gasteiger partial charge on any atom is 0.315 e. The van der Waals surface area contributed by atoms with E-state index in [0.717, 1.165) is 22.7 Å². The Morgan fingerprint density at radius 1 is 0.719 bits per heavy atom. The first-order chi connectivity index (χ1) is 42.1. The van der Waals surface area contributed by atoms with Crippen LogP contribution in [0, 0.1) is 17.8 Å². The van der Waals surface area contributed by atoms with Crippen LogP contribution in [0.4, 0.5) is 4.79 Å². The fourth-order valence-electron chi connectivity index (χ4n) is 10.4. The molecule has 0 bridgehead atoms. The molecule has 0 unspecified atom stereocenters. The molecule has 4 aromatic rings. The van der Waals surface area contributed by atoms with Gasteiger partial charge in [0.25, 0.3) is 0 Å². The van der Waals surface area contributed by atoms with E-state index < -0.39 is 157 Å². The SMILES string of the molecule is CN=C(N)NCCC[C@H](CC(=O)[C@H](CC(C)C)NC(=O)NCC(=O)[C@@H](NC(=O)[C@@H](CC(=O)[C@H](CC(N)=O)NC(=O)[C@@H]1C[C@@H](O)CN1C(=O)[C@@H](Cc1ccc(O)cc1)NC(C)=O)[C@@H](C)O)[C@H](O)c1ccccc1)C(=O)N[C@@H](Cc1c[nH]c2ccccc12)C(N)=O. The number of aromatic nitrogens is 1.